The van der Waals surface area contributed by atoms with E-state index in [-0.39, 0.29) is 11.7 Å². The van der Waals surface area contributed by atoms with Crippen molar-refractivity contribution in [2.24, 2.45) is 0 Å². The smallest absolute Gasteiger partial charge is 0.234 e. The van der Waals surface area contributed by atoms with Crippen LogP contribution in [0.3, 0.4) is 0 Å². The van der Waals surface area contributed by atoms with E-state index in [2.05, 4.69) is 22.4 Å². The number of carbonyl (C=O) groups is 1. The van der Waals surface area contributed by atoms with Crippen LogP contribution in [0.5, 0.6) is 5.75 Å². The molecule has 0 saturated carbocycles. The Hall–Kier alpha value is -3.26. The van der Waals surface area contributed by atoms with Gasteiger partial charge in [-0.15, -0.1) is 10.2 Å². The first-order valence-electron chi connectivity index (χ1n) is 10.1. The largest absolute Gasteiger partial charge is 0.493 e. The van der Waals surface area contributed by atoms with Gasteiger partial charge < -0.3 is 14.5 Å². The van der Waals surface area contributed by atoms with Gasteiger partial charge in [-0.05, 0) is 43.2 Å². The summed E-state index contributed by atoms with van der Waals surface area (Å²) in [5, 5.41) is 13.1. The Morgan fingerprint density at radius 2 is 1.97 bits per heavy atom. The third-order valence-electron chi connectivity index (χ3n) is 4.96. The Morgan fingerprint density at radius 1 is 1.16 bits per heavy atom. The van der Waals surface area contributed by atoms with Gasteiger partial charge in [-0.25, -0.2) is 0 Å². The standard InChI is InChI=1S/C23H24N4O3S/c1-4-15-9-11-17(12-10-15)24-20(28)14-31-23-26-25-22(27(23)5-2)19-13-16-7-6-8-18(29-3)21(16)30-19/h6-13H,4-5,14H2,1-3H3,(H,24,28). The van der Waals surface area contributed by atoms with Crippen LogP contribution >= 0.6 is 11.8 Å². The van der Waals surface area contributed by atoms with Crippen molar-refractivity contribution in [3.05, 3.63) is 54.1 Å². The van der Waals surface area contributed by atoms with Gasteiger partial charge in [0.15, 0.2) is 22.2 Å². The predicted octanol–water partition coefficient (Wildman–Crippen LogP) is 5.01. The molecule has 1 amide bonds. The average molecular weight is 437 g/mol. The van der Waals surface area contributed by atoms with Crippen molar-refractivity contribution < 1.29 is 13.9 Å². The first kappa shape index (κ1) is 21.0. The van der Waals surface area contributed by atoms with Crippen LogP contribution in [-0.4, -0.2) is 33.5 Å². The molecular formula is C23H24N4O3S. The number of para-hydroxylation sites is 1. The van der Waals surface area contributed by atoms with Crippen molar-refractivity contribution in [1.82, 2.24) is 14.8 Å². The molecule has 160 valence electrons. The lowest BCUT2D eigenvalue weighted by Crippen LogP contribution is -2.14. The number of hydrogen-bond acceptors (Lipinski definition) is 6. The number of amides is 1. The molecule has 7 nitrogen and oxygen atoms in total. The number of nitrogens with zero attached hydrogens (tertiary/aromatic N) is 3. The Bertz CT molecular complexity index is 1200. The van der Waals surface area contributed by atoms with Gasteiger partial charge in [-0.2, -0.15) is 0 Å². The molecule has 0 spiro atoms. The maximum atomic E-state index is 12.4. The number of fused-ring (bicyclic) bond motifs is 1. The fraction of sp³-hybridized carbons (Fsp3) is 0.261. The molecule has 0 unspecified atom stereocenters. The van der Waals surface area contributed by atoms with Crippen LogP contribution in [0.2, 0.25) is 0 Å². The highest BCUT2D eigenvalue weighted by Crippen LogP contribution is 2.33. The molecule has 0 aliphatic heterocycles. The number of benzene rings is 2. The molecular weight excluding hydrogens is 412 g/mol. The molecule has 0 atom stereocenters. The van der Waals surface area contributed by atoms with Crippen molar-refractivity contribution in [3.63, 3.8) is 0 Å². The van der Waals surface area contributed by atoms with Gasteiger partial charge in [0, 0.05) is 17.6 Å². The first-order chi connectivity index (χ1) is 15.1. The Morgan fingerprint density at radius 3 is 2.68 bits per heavy atom. The van der Waals surface area contributed by atoms with E-state index in [0.29, 0.717) is 34.6 Å². The van der Waals surface area contributed by atoms with E-state index in [1.165, 1.54) is 17.3 Å². The monoisotopic (exact) mass is 436 g/mol. The Balaban J connectivity index is 1.48. The Kier molecular flexibility index (Phi) is 6.27. The van der Waals surface area contributed by atoms with Crippen LogP contribution in [0.1, 0.15) is 19.4 Å². The van der Waals surface area contributed by atoms with E-state index in [4.69, 9.17) is 9.15 Å². The summed E-state index contributed by atoms with van der Waals surface area (Å²) in [5.41, 5.74) is 2.70. The molecule has 2 aromatic heterocycles. The zero-order chi connectivity index (χ0) is 21.8. The number of aryl methyl sites for hydroxylation is 1. The minimum atomic E-state index is -0.0880. The number of nitrogens with one attached hydrogen (secondary N) is 1. The zero-order valence-corrected chi connectivity index (χ0v) is 18.5. The van der Waals surface area contributed by atoms with Crippen molar-refractivity contribution in [2.45, 2.75) is 32.0 Å². The number of hydrogen-bond donors (Lipinski definition) is 1. The zero-order valence-electron chi connectivity index (χ0n) is 17.7. The maximum Gasteiger partial charge on any atom is 0.234 e. The van der Waals surface area contributed by atoms with Crippen LogP contribution < -0.4 is 10.1 Å². The van der Waals surface area contributed by atoms with E-state index in [1.807, 2.05) is 60.0 Å². The highest BCUT2D eigenvalue weighted by atomic mass is 32.2. The second kappa shape index (κ2) is 9.26. The number of thioether (sulfide) groups is 1. The number of furan rings is 1. The van der Waals surface area contributed by atoms with E-state index in [9.17, 15) is 4.79 Å². The van der Waals surface area contributed by atoms with E-state index in [0.717, 1.165) is 17.5 Å². The molecule has 1 N–H and O–H groups in total. The molecule has 0 fully saturated rings. The van der Waals surface area contributed by atoms with Gasteiger partial charge >= 0.3 is 0 Å². The van der Waals surface area contributed by atoms with Crippen molar-refractivity contribution >= 4 is 34.3 Å². The first-order valence-corrected chi connectivity index (χ1v) is 11.1. The van der Waals surface area contributed by atoms with Crippen LogP contribution in [0.25, 0.3) is 22.6 Å². The van der Waals surface area contributed by atoms with E-state index < -0.39 is 0 Å². The lowest BCUT2D eigenvalue weighted by atomic mass is 10.1. The number of ether oxygens (including phenoxy) is 1. The molecule has 8 heteroatoms. The SMILES string of the molecule is CCc1ccc(NC(=O)CSc2nnc(-c3cc4cccc(OC)c4o3)n2CC)cc1. The summed E-state index contributed by atoms with van der Waals surface area (Å²) in [6.07, 6.45) is 0.969. The van der Waals surface area contributed by atoms with Gasteiger partial charge in [-0.3, -0.25) is 9.36 Å². The van der Waals surface area contributed by atoms with E-state index >= 15 is 0 Å². The molecule has 0 saturated heterocycles. The molecule has 4 rings (SSSR count). The molecule has 2 heterocycles. The molecule has 0 bridgehead atoms. The summed E-state index contributed by atoms with van der Waals surface area (Å²) >= 11 is 1.35. The molecule has 0 radical (unpaired) electrons. The number of methoxy groups -OCH3 is 1. The topological polar surface area (TPSA) is 82.2 Å². The van der Waals surface area contributed by atoms with Crippen molar-refractivity contribution in [1.29, 1.82) is 0 Å². The number of carbonyl (C=O) groups excluding carboxylic acids is 1. The van der Waals surface area contributed by atoms with Crippen molar-refractivity contribution in [3.8, 4) is 17.3 Å². The van der Waals surface area contributed by atoms with Gasteiger partial charge in [0.2, 0.25) is 11.7 Å². The highest BCUT2D eigenvalue weighted by molar-refractivity contribution is 7.99. The summed E-state index contributed by atoms with van der Waals surface area (Å²) in [4.78, 5) is 12.4. The Labute approximate surface area is 184 Å². The highest BCUT2D eigenvalue weighted by Gasteiger charge is 2.19. The van der Waals surface area contributed by atoms with Crippen molar-refractivity contribution in [2.75, 3.05) is 18.2 Å². The molecule has 0 aliphatic carbocycles. The fourth-order valence-electron chi connectivity index (χ4n) is 3.32. The third kappa shape index (κ3) is 4.44. The summed E-state index contributed by atoms with van der Waals surface area (Å²) in [6, 6.07) is 15.5. The quantitative estimate of drug-likeness (QED) is 0.391. The lowest BCUT2D eigenvalue weighted by Gasteiger charge is -2.07. The normalized spacial score (nSPS) is 11.1. The summed E-state index contributed by atoms with van der Waals surface area (Å²) < 4.78 is 13.3. The van der Waals surface area contributed by atoms with Gasteiger partial charge in [0.05, 0.1) is 12.9 Å². The lowest BCUT2D eigenvalue weighted by molar-refractivity contribution is -0.113. The maximum absolute atomic E-state index is 12.4. The van der Waals surface area contributed by atoms with Gasteiger partial charge in [-0.1, -0.05) is 43.0 Å². The fourth-order valence-corrected chi connectivity index (χ4v) is 4.12. The van der Waals surface area contributed by atoms with Crippen LogP contribution in [0.15, 0.2) is 58.1 Å². The predicted molar refractivity (Wildman–Crippen MR) is 123 cm³/mol. The minimum absolute atomic E-state index is 0.0880. The summed E-state index contributed by atoms with van der Waals surface area (Å²) in [6.45, 7) is 4.76. The molecule has 31 heavy (non-hydrogen) atoms. The van der Waals surface area contributed by atoms with Gasteiger partial charge in [0.1, 0.15) is 0 Å². The number of anilines is 1. The molecule has 0 aliphatic rings. The average Bonchev–Trinajstić information content (AvgIpc) is 3.41. The van der Waals surface area contributed by atoms with Gasteiger partial charge in [0.25, 0.3) is 0 Å². The molecule has 2 aromatic carbocycles. The summed E-state index contributed by atoms with van der Waals surface area (Å²) in [5.74, 6) is 2.06. The van der Waals surface area contributed by atoms with Crippen LogP contribution in [-0.2, 0) is 17.8 Å². The molecule has 4 aromatic rings. The van der Waals surface area contributed by atoms with E-state index in [1.54, 1.807) is 7.11 Å². The van der Waals surface area contributed by atoms with Crippen LogP contribution in [0, 0.1) is 0 Å². The summed E-state index contributed by atoms with van der Waals surface area (Å²) in [7, 11) is 1.61. The number of rotatable bonds is 8. The van der Waals surface area contributed by atoms with Crippen LogP contribution in [0.4, 0.5) is 5.69 Å². The third-order valence-corrected chi connectivity index (χ3v) is 5.93. The second-order valence-electron chi connectivity index (χ2n) is 6.93. The number of aromatic nitrogens is 3. The second-order valence-corrected chi connectivity index (χ2v) is 7.87. The minimum Gasteiger partial charge on any atom is -0.493 e.